The summed E-state index contributed by atoms with van der Waals surface area (Å²) in [4.78, 5) is 27.0. The summed E-state index contributed by atoms with van der Waals surface area (Å²) in [5, 5.41) is 5.65. The van der Waals surface area contributed by atoms with E-state index in [4.69, 9.17) is 26.4 Å². The van der Waals surface area contributed by atoms with Gasteiger partial charge in [0.15, 0.2) is 16.6 Å². The number of nitrogens with one attached hydrogen (secondary N) is 2. The second-order valence-corrected chi connectivity index (χ2v) is 7.51. The molecule has 2 N–H and O–H groups in total. The molecule has 0 bridgehead atoms. The number of carbonyl (C=O) groups excluding carboxylic acids is 2. The summed E-state index contributed by atoms with van der Waals surface area (Å²) < 4.78 is 15.8. The number of thiocarbonyl (C=S) groups is 1. The summed E-state index contributed by atoms with van der Waals surface area (Å²) >= 11 is 5.27. The van der Waals surface area contributed by atoms with Gasteiger partial charge in [0.2, 0.25) is 5.75 Å². The van der Waals surface area contributed by atoms with Gasteiger partial charge in [-0.3, -0.25) is 14.9 Å². The molecule has 0 aliphatic carbocycles. The topological polar surface area (TPSA) is 89.1 Å². The molecule has 34 heavy (non-hydrogen) atoms. The van der Waals surface area contributed by atoms with Crippen molar-refractivity contribution < 1.29 is 23.8 Å². The van der Waals surface area contributed by atoms with Crippen molar-refractivity contribution in [1.82, 2.24) is 5.32 Å². The highest BCUT2D eigenvalue weighted by Gasteiger charge is 2.18. The zero-order valence-electron chi connectivity index (χ0n) is 19.2. The predicted octanol–water partition coefficient (Wildman–Crippen LogP) is 4.12. The summed E-state index contributed by atoms with van der Waals surface area (Å²) in [6.07, 6.45) is 0. The molecule has 3 aromatic rings. The van der Waals surface area contributed by atoms with Crippen molar-refractivity contribution in [2.24, 2.45) is 0 Å². The molecule has 0 radical (unpaired) electrons. The van der Waals surface area contributed by atoms with Gasteiger partial charge in [0.1, 0.15) is 0 Å². The van der Waals surface area contributed by atoms with Gasteiger partial charge >= 0.3 is 0 Å². The molecule has 0 aliphatic rings. The Labute approximate surface area is 203 Å². The first-order chi connectivity index (χ1) is 16.4. The number of ether oxygens (including phenoxy) is 3. The minimum Gasteiger partial charge on any atom is -0.493 e. The number of amides is 2. The number of hydrogen-bond acceptors (Lipinski definition) is 6. The molecule has 9 heteroatoms. The fourth-order valence-corrected chi connectivity index (χ4v) is 3.42. The molecule has 0 heterocycles. The Kier molecular flexibility index (Phi) is 8.05. The maximum Gasteiger partial charge on any atom is 0.258 e. The molecule has 0 aliphatic heterocycles. The minimum absolute atomic E-state index is 0.0965. The van der Waals surface area contributed by atoms with Crippen LogP contribution >= 0.6 is 12.2 Å². The van der Waals surface area contributed by atoms with Crippen molar-refractivity contribution in [3.05, 3.63) is 77.9 Å². The average molecular weight is 480 g/mol. The maximum atomic E-state index is 12.7. The van der Waals surface area contributed by atoms with Gasteiger partial charge in [-0.2, -0.15) is 0 Å². The van der Waals surface area contributed by atoms with Gasteiger partial charge in [-0.15, -0.1) is 0 Å². The molecular weight excluding hydrogens is 454 g/mol. The van der Waals surface area contributed by atoms with Crippen LogP contribution in [0.1, 0.15) is 20.7 Å². The van der Waals surface area contributed by atoms with Crippen LogP contribution < -0.4 is 29.7 Å². The number of anilines is 2. The summed E-state index contributed by atoms with van der Waals surface area (Å²) in [7, 11) is 6.14. The van der Waals surface area contributed by atoms with E-state index in [-0.39, 0.29) is 16.6 Å². The van der Waals surface area contributed by atoms with Crippen molar-refractivity contribution in [2.45, 2.75) is 0 Å². The van der Waals surface area contributed by atoms with E-state index < -0.39 is 5.91 Å². The summed E-state index contributed by atoms with van der Waals surface area (Å²) in [6, 6.07) is 19.2. The van der Waals surface area contributed by atoms with Crippen LogP contribution in [-0.2, 0) is 0 Å². The van der Waals surface area contributed by atoms with Gasteiger partial charge in [0.25, 0.3) is 11.8 Å². The lowest BCUT2D eigenvalue weighted by Gasteiger charge is -2.17. The van der Waals surface area contributed by atoms with Crippen LogP contribution in [-0.4, -0.2) is 45.3 Å². The second kappa shape index (κ2) is 11.2. The lowest BCUT2D eigenvalue weighted by Crippen LogP contribution is -2.34. The van der Waals surface area contributed by atoms with Gasteiger partial charge in [-0.1, -0.05) is 18.2 Å². The zero-order valence-corrected chi connectivity index (χ0v) is 20.1. The number of methoxy groups -OCH3 is 3. The number of rotatable bonds is 7. The fourth-order valence-electron chi connectivity index (χ4n) is 3.21. The van der Waals surface area contributed by atoms with E-state index in [0.29, 0.717) is 28.5 Å². The normalized spacial score (nSPS) is 10.1. The molecule has 0 aromatic heterocycles. The van der Waals surface area contributed by atoms with Gasteiger partial charge < -0.3 is 24.4 Å². The van der Waals surface area contributed by atoms with E-state index in [9.17, 15) is 9.59 Å². The Bertz CT molecular complexity index is 1160. The number of para-hydroxylation sites is 1. The van der Waals surface area contributed by atoms with Crippen LogP contribution in [0.25, 0.3) is 0 Å². The fraction of sp³-hybridized carbons (Fsp3) is 0.160. The third kappa shape index (κ3) is 5.62. The third-order valence-corrected chi connectivity index (χ3v) is 5.20. The van der Waals surface area contributed by atoms with Crippen molar-refractivity contribution in [3.8, 4) is 17.2 Å². The molecule has 8 nitrogen and oxygen atoms in total. The molecule has 0 fully saturated rings. The Morgan fingerprint density at radius 1 is 0.824 bits per heavy atom. The molecule has 0 spiro atoms. The van der Waals surface area contributed by atoms with Crippen molar-refractivity contribution in [3.63, 3.8) is 0 Å². The Hall–Kier alpha value is -4.11. The standard InChI is InChI=1S/C25H25N3O5S/c1-28(19-8-6-5-7-9-19)24(30)16-10-12-18(13-11-16)26-25(34)27-23(29)17-14-20(31-2)22(33-4)21(15-17)32-3/h5-15H,1-4H3,(H2,26,27,29,34). The minimum atomic E-state index is -0.451. The highest BCUT2D eigenvalue weighted by Crippen LogP contribution is 2.38. The van der Waals surface area contributed by atoms with E-state index in [2.05, 4.69) is 10.6 Å². The first-order valence-electron chi connectivity index (χ1n) is 10.2. The highest BCUT2D eigenvalue weighted by atomic mass is 32.1. The molecule has 0 saturated carbocycles. The van der Waals surface area contributed by atoms with Gasteiger partial charge in [0.05, 0.1) is 21.3 Å². The van der Waals surface area contributed by atoms with Gasteiger partial charge in [0, 0.05) is 29.5 Å². The van der Waals surface area contributed by atoms with E-state index in [1.165, 1.54) is 33.5 Å². The van der Waals surface area contributed by atoms with E-state index >= 15 is 0 Å². The number of hydrogen-bond donors (Lipinski definition) is 2. The Balaban J connectivity index is 1.65. The van der Waals surface area contributed by atoms with Crippen LogP contribution in [0.15, 0.2) is 66.7 Å². The summed E-state index contributed by atoms with van der Waals surface area (Å²) in [5.74, 6) is 0.497. The predicted molar refractivity (Wildman–Crippen MR) is 135 cm³/mol. The molecule has 2 amide bonds. The summed E-state index contributed by atoms with van der Waals surface area (Å²) in [6.45, 7) is 0. The SMILES string of the molecule is COc1cc(C(=O)NC(=S)Nc2ccc(C(=O)N(C)c3ccccc3)cc2)cc(OC)c1OC. The molecule has 176 valence electrons. The quantitative estimate of drug-likeness (QED) is 0.493. The second-order valence-electron chi connectivity index (χ2n) is 7.10. The molecule has 0 atom stereocenters. The number of nitrogens with zero attached hydrogens (tertiary/aromatic N) is 1. The first kappa shape index (κ1) is 24.5. The van der Waals surface area contributed by atoms with Crippen molar-refractivity contribution in [1.29, 1.82) is 0 Å². The van der Waals surface area contributed by atoms with E-state index in [1.54, 1.807) is 36.2 Å². The molecule has 0 saturated heterocycles. The lowest BCUT2D eigenvalue weighted by molar-refractivity contribution is 0.0973. The van der Waals surface area contributed by atoms with Crippen LogP contribution in [0, 0.1) is 0 Å². The molecule has 3 aromatic carbocycles. The van der Waals surface area contributed by atoms with E-state index in [0.717, 1.165) is 5.69 Å². The molecule has 3 rings (SSSR count). The largest absolute Gasteiger partial charge is 0.493 e. The smallest absolute Gasteiger partial charge is 0.258 e. The molecule has 0 unspecified atom stereocenters. The average Bonchev–Trinajstić information content (AvgIpc) is 2.87. The van der Waals surface area contributed by atoms with Crippen LogP contribution in [0.5, 0.6) is 17.2 Å². The zero-order chi connectivity index (χ0) is 24.7. The highest BCUT2D eigenvalue weighted by molar-refractivity contribution is 7.80. The van der Waals surface area contributed by atoms with Crippen molar-refractivity contribution in [2.75, 3.05) is 38.6 Å². The first-order valence-corrected chi connectivity index (χ1v) is 10.6. The Morgan fingerprint density at radius 2 is 1.41 bits per heavy atom. The maximum absolute atomic E-state index is 12.7. The van der Waals surface area contributed by atoms with Crippen LogP contribution in [0.2, 0.25) is 0 Å². The van der Waals surface area contributed by atoms with Crippen molar-refractivity contribution >= 4 is 40.5 Å². The summed E-state index contributed by atoms with van der Waals surface area (Å²) in [5.41, 5.74) is 2.22. The van der Waals surface area contributed by atoms with Crippen LogP contribution in [0.3, 0.4) is 0 Å². The van der Waals surface area contributed by atoms with Crippen LogP contribution in [0.4, 0.5) is 11.4 Å². The van der Waals surface area contributed by atoms with E-state index in [1.807, 2.05) is 30.3 Å². The monoisotopic (exact) mass is 479 g/mol. The number of carbonyl (C=O) groups is 2. The van der Waals surface area contributed by atoms with Gasteiger partial charge in [-0.25, -0.2) is 0 Å². The third-order valence-electron chi connectivity index (χ3n) is 4.99. The lowest BCUT2D eigenvalue weighted by atomic mass is 10.1. The van der Waals surface area contributed by atoms with Gasteiger partial charge in [-0.05, 0) is 60.7 Å². The Morgan fingerprint density at radius 3 is 1.94 bits per heavy atom. The molecular formula is C25H25N3O5S. The number of benzene rings is 3.